The summed E-state index contributed by atoms with van der Waals surface area (Å²) in [4.78, 5) is 14.3. The predicted octanol–water partition coefficient (Wildman–Crippen LogP) is 1.74. The van der Waals surface area contributed by atoms with E-state index in [4.69, 9.17) is 0 Å². The Morgan fingerprint density at radius 3 is 2.35 bits per heavy atom. The molecule has 3 nitrogen and oxygen atoms in total. The molecule has 0 aliphatic carbocycles. The lowest BCUT2D eigenvalue weighted by molar-refractivity contribution is 0.0781. The van der Waals surface area contributed by atoms with E-state index in [0.29, 0.717) is 11.8 Å². The SMILES string of the molecule is O=C(c1ccc(Br)cc1)N1C[C@H]2CNC[C@H]2C1. The van der Waals surface area contributed by atoms with Gasteiger partial charge in [0.2, 0.25) is 0 Å². The Kier molecular flexibility index (Phi) is 2.92. The molecule has 3 rings (SSSR count). The molecule has 2 atom stereocenters. The molecule has 4 heteroatoms. The highest BCUT2D eigenvalue weighted by molar-refractivity contribution is 9.10. The van der Waals surface area contributed by atoms with Crippen molar-refractivity contribution in [2.75, 3.05) is 26.2 Å². The quantitative estimate of drug-likeness (QED) is 0.856. The molecule has 0 radical (unpaired) electrons. The van der Waals surface area contributed by atoms with Gasteiger partial charge in [-0.3, -0.25) is 4.79 Å². The van der Waals surface area contributed by atoms with Gasteiger partial charge >= 0.3 is 0 Å². The van der Waals surface area contributed by atoms with Crippen LogP contribution in [-0.4, -0.2) is 37.0 Å². The summed E-state index contributed by atoms with van der Waals surface area (Å²) in [5, 5.41) is 3.39. The summed E-state index contributed by atoms with van der Waals surface area (Å²) in [6, 6.07) is 7.62. The first kappa shape index (κ1) is 11.2. The highest BCUT2D eigenvalue weighted by atomic mass is 79.9. The first-order chi connectivity index (χ1) is 8.24. The Bertz CT molecular complexity index is 420. The number of carbonyl (C=O) groups is 1. The minimum absolute atomic E-state index is 0.173. The van der Waals surface area contributed by atoms with Gasteiger partial charge in [-0.1, -0.05) is 15.9 Å². The van der Waals surface area contributed by atoms with Gasteiger partial charge in [0.15, 0.2) is 0 Å². The van der Waals surface area contributed by atoms with E-state index in [1.807, 2.05) is 29.2 Å². The fourth-order valence-electron chi connectivity index (χ4n) is 2.80. The molecule has 0 aromatic heterocycles. The zero-order valence-electron chi connectivity index (χ0n) is 9.53. The van der Waals surface area contributed by atoms with Gasteiger partial charge in [0.1, 0.15) is 0 Å². The number of fused-ring (bicyclic) bond motifs is 1. The number of hydrogen-bond donors (Lipinski definition) is 1. The summed E-state index contributed by atoms with van der Waals surface area (Å²) in [5.74, 6) is 1.50. The number of likely N-dealkylation sites (tertiary alicyclic amines) is 1. The van der Waals surface area contributed by atoms with Gasteiger partial charge in [-0.25, -0.2) is 0 Å². The summed E-state index contributed by atoms with van der Waals surface area (Å²) in [5.41, 5.74) is 0.793. The van der Waals surface area contributed by atoms with Gasteiger partial charge in [0.25, 0.3) is 5.91 Å². The molecule has 2 saturated heterocycles. The second-order valence-electron chi connectivity index (χ2n) is 4.90. The minimum atomic E-state index is 0.173. The van der Waals surface area contributed by atoms with E-state index in [9.17, 15) is 4.79 Å². The molecule has 2 heterocycles. The normalized spacial score (nSPS) is 27.2. The summed E-state index contributed by atoms with van der Waals surface area (Å²) in [7, 11) is 0. The molecule has 0 saturated carbocycles. The Labute approximate surface area is 109 Å². The third-order valence-electron chi connectivity index (χ3n) is 3.77. The summed E-state index contributed by atoms with van der Waals surface area (Å²) >= 11 is 3.38. The maximum absolute atomic E-state index is 12.3. The molecule has 1 aromatic carbocycles. The number of benzene rings is 1. The van der Waals surface area contributed by atoms with Gasteiger partial charge in [-0.05, 0) is 36.1 Å². The first-order valence-electron chi connectivity index (χ1n) is 5.99. The van der Waals surface area contributed by atoms with Gasteiger partial charge in [-0.2, -0.15) is 0 Å². The number of halogens is 1. The number of nitrogens with one attached hydrogen (secondary N) is 1. The van der Waals surface area contributed by atoms with Crippen LogP contribution in [0.15, 0.2) is 28.7 Å². The number of amides is 1. The number of hydrogen-bond acceptors (Lipinski definition) is 2. The Hall–Kier alpha value is -0.870. The highest BCUT2D eigenvalue weighted by Gasteiger charge is 2.38. The topological polar surface area (TPSA) is 32.3 Å². The van der Waals surface area contributed by atoms with Crippen molar-refractivity contribution in [2.24, 2.45) is 11.8 Å². The van der Waals surface area contributed by atoms with Crippen molar-refractivity contribution in [2.45, 2.75) is 0 Å². The molecule has 2 aliphatic rings. The Morgan fingerprint density at radius 2 is 1.76 bits per heavy atom. The van der Waals surface area contributed by atoms with Crippen LogP contribution in [0.5, 0.6) is 0 Å². The van der Waals surface area contributed by atoms with E-state index >= 15 is 0 Å². The average Bonchev–Trinajstić information content (AvgIpc) is 2.89. The van der Waals surface area contributed by atoms with Crippen molar-refractivity contribution >= 4 is 21.8 Å². The van der Waals surface area contributed by atoms with E-state index in [1.54, 1.807) is 0 Å². The lowest BCUT2D eigenvalue weighted by Gasteiger charge is -2.17. The van der Waals surface area contributed by atoms with Crippen LogP contribution in [-0.2, 0) is 0 Å². The Morgan fingerprint density at radius 1 is 1.18 bits per heavy atom. The number of rotatable bonds is 1. The molecule has 17 heavy (non-hydrogen) atoms. The molecule has 0 spiro atoms. The molecule has 1 N–H and O–H groups in total. The van der Waals surface area contributed by atoms with Crippen molar-refractivity contribution in [3.05, 3.63) is 34.3 Å². The molecular formula is C13H15BrN2O. The zero-order valence-corrected chi connectivity index (χ0v) is 11.1. The van der Waals surface area contributed by atoms with Crippen molar-refractivity contribution in [3.63, 3.8) is 0 Å². The molecular weight excluding hydrogens is 280 g/mol. The van der Waals surface area contributed by atoms with Crippen LogP contribution in [0.4, 0.5) is 0 Å². The van der Waals surface area contributed by atoms with Crippen LogP contribution in [0.2, 0.25) is 0 Å². The standard InChI is InChI=1S/C13H15BrN2O/c14-12-3-1-9(2-4-12)13(17)16-7-10-5-15-6-11(10)8-16/h1-4,10-11,15H,5-8H2/t10-,11+. The van der Waals surface area contributed by atoms with E-state index in [-0.39, 0.29) is 5.91 Å². The van der Waals surface area contributed by atoms with Crippen LogP contribution in [0.25, 0.3) is 0 Å². The maximum Gasteiger partial charge on any atom is 0.253 e. The monoisotopic (exact) mass is 294 g/mol. The van der Waals surface area contributed by atoms with E-state index in [1.165, 1.54) is 0 Å². The van der Waals surface area contributed by atoms with Gasteiger partial charge in [0, 0.05) is 36.2 Å². The number of carbonyl (C=O) groups excluding carboxylic acids is 1. The predicted molar refractivity (Wildman–Crippen MR) is 69.9 cm³/mol. The maximum atomic E-state index is 12.3. The molecule has 2 fully saturated rings. The highest BCUT2D eigenvalue weighted by Crippen LogP contribution is 2.27. The molecule has 90 valence electrons. The van der Waals surface area contributed by atoms with Crippen LogP contribution in [0.1, 0.15) is 10.4 Å². The largest absolute Gasteiger partial charge is 0.338 e. The third-order valence-corrected chi connectivity index (χ3v) is 4.30. The fourth-order valence-corrected chi connectivity index (χ4v) is 3.06. The van der Waals surface area contributed by atoms with E-state index in [2.05, 4.69) is 21.2 Å². The van der Waals surface area contributed by atoms with Crippen LogP contribution in [0.3, 0.4) is 0 Å². The van der Waals surface area contributed by atoms with Crippen molar-refractivity contribution < 1.29 is 4.79 Å². The molecule has 2 aliphatic heterocycles. The van der Waals surface area contributed by atoms with Crippen LogP contribution >= 0.6 is 15.9 Å². The smallest absolute Gasteiger partial charge is 0.253 e. The average molecular weight is 295 g/mol. The van der Waals surface area contributed by atoms with Gasteiger partial charge in [-0.15, -0.1) is 0 Å². The molecule has 0 bridgehead atoms. The summed E-state index contributed by atoms with van der Waals surface area (Å²) in [6.45, 7) is 3.95. The molecule has 1 aromatic rings. The summed E-state index contributed by atoms with van der Waals surface area (Å²) in [6.07, 6.45) is 0. The third kappa shape index (κ3) is 2.11. The zero-order chi connectivity index (χ0) is 11.8. The number of nitrogens with zero attached hydrogens (tertiary/aromatic N) is 1. The van der Waals surface area contributed by atoms with E-state index in [0.717, 1.165) is 36.2 Å². The summed E-state index contributed by atoms with van der Waals surface area (Å²) < 4.78 is 1.01. The lowest BCUT2D eigenvalue weighted by Crippen LogP contribution is -2.31. The molecule has 1 amide bonds. The molecule has 0 unspecified atom stereocenters. The fraction of sp³-hybridized carbons (Fsp3) is 0.462. The van der Waals surface area contributed by atoms with Crippen LogP contribution in [0, 0.1) is 11.8 Å². The van der Waals surface area contributed by atoms with Crippen molar-refractivity contribution in [1.29, 1.82) is 0 Å². The first-order valence-corrected chi connectivity index (χ1v) is 6.79. The van der Waals surface area contributed by atoms with Gasteiger partial charge in [0.05, 0.1) is 0 Å². The Balaban J connectivity index is 1.73. The second-order valence-corrected chi connectivity index (χ2v) is 5.81. The lowest BCUT2D eigenvalue weighted by atomic mass is 10.0. The second kappa shape index (κ2) is 4.42. The van der Waals surface area contributed by atoms with Crippen molar-refractivity contribution in [1.82, 2.24) is 10.2 Å². The minimum Gasteiger partial charge on any atom is -0.338 e. The van der Waals surface area contributed by atoms with Crippen LogP contribution < -0.4 is 5.32 Å². The van der Waals surface area contributed by atoms with E-state index < -0.39 is 0 Å². The van der Waals surface area contributed by atoms with Crippen molar-refractivity contribution in [3.8, 4) is 0 Å². The van der Waals surface area contributed by atoms with Gasteiger partial charge < -0.3 is 10.2 Å².